The summed E-state index contributed by atoms with van der Waals surface area (Å²) >= 11 is 3.47. The van der Waals surface area contributed by atoms with E-state index in [1.54, 1.807) is 31.4 Å². The van der Waals surface area contributed by atoms with Gasteiger partial charge in [0.1, 0.15) is 12.3 Å². The summed E-state index contributed by atoms with van der Waals surface area (Å²) in [6, 6.07) is 14.5. The molecule has 6 heteroatoms. The highest BCUT2D eigenvalue weighted by molar-refractivity contribution is 9.10. The second-order valence-corrected chi connectivity index (χ2v) is 6.80. The van der Waals surface area contributed by atoms with E-state index in [-0.39, 0.29) is 11.9 Å². The van der Waals surface area contributed by atoms with Gasteiger partial charge >= 0.3 is 0 Å². The zero-order valence-corrected chi connectivity index (χ0v) is 16.1. The number of likely N-dealkylation sites (N-methyl/N-ethyl adjacent to an activating group) is 1. The molecule has 0 aliphatic heterocycles. The number of nitrogens with one attached hydrogen (secondary N) is 2. The van der Waals surface area contributed by atoms with Crippen molar-refractivity contribution in [1.29, 1.82) is 5.26 Å². The maximum atomic E-state index is 12.5. The fourth-order valence-electron chi connectivity index (χ4n) is 2.44. The van der Waals surface area contributed by atoms with Gasteiger partial charge in [0.25, 0.3) is 5.91 Å². The maximum Gasteiger partial charge on any atom is 0.282 e. The van der Waals surface area contributed by atoms with E-state index in [0.29, 0.717) is 17.8 Å². The average Bonchev–Trinajstić information content (AvgIpc) is 2.61. The van der Waals surface area contributed by atoms with E-state index in [2.05, 4.69) is 27.3 Å². The number of benzene rings is 2. The Hall–Kier alpha value is -2.36. The van der Waals surface area contributed by atoms with Crippen LogP contribution in [0.2, 0.25) is 0 Å². The molecule has 2 rings (SSSR count). The molecular formula is C19H21BrN3O2+. The number of hydrogen-bond acceptors (Lipinski definition) is 3. The fraction of sp³-hybridized carbons (Fsp3) is 0.263. The molecule has 25 heavy (non-hydrogen) atoms. The highest BCUT2D eigenvalue weighted by Crippen LogP contribution is 2.22. The third-order valence-corrected chi connectivity index (χ3v) is 4.62. The van der Waals surface area contributed by atoms with Gasteiger partial charge < -0.3 is 15.0 Å². The van der Waals surface area contributed by atoms with Crippen LogP contribution in [0.1, 0.15) is 18.1 Å². The molecule has 0 radical (unpaired) electrons. The number of carbonyl (C=O) groups excluding carboxylic acids is 1. The molecule has 2 N–H and O–H groups in total. The monoisotopic (exact) mass is 402 g/mol. The van der Waals surface area contributed by atoms with Gasteiger partial charge in [-0.25, -0.2) is 0 Å². The van der Waals surface area contributed by atoms with Gasteiger partial charge in [0.15, 0.2) is 6.04 Å². The predicted molar refractivity (Wildman–Crippen MR) is 101 cm³/mol. The largest absolute Gasteiger partial charge is 0.496 e. The van der Waals surface area contributed by atoms with Crippen LogP contribution in [0, 0.1) is 11.3 Å². The third-order valence-electron chi connectivity index (χ3n) is 4.13. The van der Waals surface area contributed by atoms with Crippen LogP contribution in [0.5, 0.6) is 5.75 Å². The van der Waals surface area contributed by atoms with Gasteiger partial charge in [-0.3, -0.25) is 4.79 Å². The van der Waals surface area contributed by atoms with Crippen molar-refractivity contribution in [2.45, 2.75) is 19.5 Å². The summed E-state index contributed by atoms with van der Waals surface area (Å²) in [6.45, 7) is 2.54. The number of nitriles is 1. The van der Waals surface area contributed by atoms with Crippen molar-refractivity contribution in [1.82, 2.24) is 0 Å². The number of anilines is 1. The molecule has 0 aromatic heterocycles. The van der Waals surface area contributed by atoms with E-state index in [4.69, 9.17) is 10.00 Å². The molecule has 0 spiro atoms. The summed E-state index contributed by atoms with van der Waals surface area (Å²) in [6.07, 6.45) is 0. The molecule has 2 atom stereocenters. The Morgan fingerprint density at radius 2 is 2.00 bits per heavy atom. The van der Waals surface area contributed by atoms with Gasteiger partial charge in [-0.1, -0.05) is 15.9 Å². The predicted octanol–water partition coefficient (Wildman–Crippen LogP) is 2.37. The highest BCUT2D eigenvalue weighted by Gasteiger charge is 2.23. The number of ether oxygens (including phenoxy) is 1. The second kappa shape index (κ2) is 8.65. The molecule has 0 bridgehead atoms. The number of halogens is 1. The topological polar surface area (TPSA) is 66.6 Å². The Morgan fingerprint density at radius 1 is 1.32 bits per heavy atom. The van der Waals surface area contributed by atoms with Crippen molar-refractivity contribution in [3.05, 3.63) is 58.1 Å². The molecule has 0 fully saturated rings. The number of rotatable bonds is 6. The molecule has 2 aromatic rings. The summed E-state index contributed by atoms with van der Waals surface area (Å²) in [5.41, 5.74) is 2.28. The Balaban J connectivity index is 2.03. The summed E-state index contributed by atoms with van der Waals surface area (Å²) < 4.78 is 6.38. The minimum atomic E-state index is -0.251. The van der Waals surface area contributed by atoms with Crippen LogP contribution < -0.4 is 15.0 Å². The number of carbonyl (C=O) groups is 1. The van der Waals surface area contributed by atoms with Crippen LogP contribution in [-0.2, 0) is 11.3 Å². The minimum absolute atomic E-state index is 0.0730. The van der Waals surface area contributed by atoms with Gasteiger partial charge in [-0.15, -0.1) is 0 Å². The zero-order valence-electron chi connectivity index (χ0n) is 14.5. The molecule has 2 aromatic carbocycles. The van der Waals surface area contributed by atoms with E-state index in [1.165, 1.54) is 0 Å². The van der Waals surface area contributed by atoms with Crippen molar-refractivity contribution >= 4 is 27.5 Å². The van der Waals surface area contributed by atoms with Gasteiger partial charge in [0.2, 0.25) is 0 Å². The fourth-order valence-corrected chi connectivity index (χ4v) is 2.85. The molecule has 0 aliphatic rings. The molecule has 0 saturated carbocycles. The Kier molecular flexibility index (Phi) is 6.57. The first-order valence-corrected chi connectivity index (χ1v) is 8.69. The number of amides is 1. The van der Waals surface area contributed by atoms with Gasteiger partial charge in [-0.2, -0.15) is 5.26 Å². The van der Waals surface area contributed by atoms with E-state index < -0.39 is 0 Å². The van der Waals surface area contributed by atoms with Gasteiger partial charge in [0.05, 0.1) is 25.8 Å². The van der Waals surface area contributed by atoms with Crippen molar-refractivity contribution < 1.29 is 14.4 Å². The van der Waals surface area contributed by atoms with Crippen LogP contribution >= 0.6 is 15.9 Å². The van der Waals surface area contributed by atoms with Crippen LogP contribution in [-0.4, -0.2) is 26.1 Å². The molecule has 1 unspecified atom stereocenters. The Labute approximate surface area is 156 Å². The Morgan fingerprint density at radius 3 is 2.60 bits per heavy atom. The summed E-state index contributed by atoms with van der Waals surface area (Å²) in [5.74, 6) is 0.735. The average molecular weight is 403 g/mol. The van der Waals surface area contributed by atoms with E-state index in [9.17, 15) is 4.79 Å². The van der Waals surface area contributed by atoms with Crippen molar-refractivity contribution in [3.8, 4) is 11.8 Å². The molecule has 5 nitrogen and oxygen atoms in total. The molecule has 0 saturated heterocycles. The second-order valence-electron chi connectivity index (χ2n) is 5.88. The van der Waals surface area contributed by atoms with Crippen LogP contribution in [0.4, 0.5) is 5.69 Å². The first-order valence-electron chi connectivity index (χ1n) is 7.90. The standard InChI is InChI=1S/C19H20BrN3O2/c1-13(19(24)22-17-7-4-14(11-21)5-8-17)23(2)12-15-10-16(20)6-9-18(15)25-3/h4-10,13H,12H2,1-3H3,(H,22,24)/p+1/t13-/m1/s1. The molecule has 130 valence electrons. The summed E-state index contributed by atoms with van der Waals surface area (Å²) in [5, 5.41) is 11.7. The lowest BCUT2D eigenvalue weighted by molar-refractivity contribution is -0.907. The SMILES string of the molecule is COc1ccc(Br)cc1C[NH+](C)[C@H](C)C(=O)Nc1ccc(C#N)cc1. The van der Waals surface area contributed by atoms with E-state index in [1.807, 2.05) is 32.2 Å². The van der Waals surface area contributed by atoms with E-state index >= 15 is 0 Å². The molecule has 0 heterocycles. The van der Waals surface area contributed by atoms with Crippen molar-refractivity contribution in [2.24, 2.45) is 0 Å². The minimum Gasteiger partial charge on any atom is -0.496 e. The van der Waals surface area contributed by atoms with Gasteiger partial charge in [-0.05, 0) is 49.4 Å². The number of quaternary nitrogens is 1. The smallest absolute Gasteiger partial charge is 0.282 e. The summed E-state index contributed by atoms with van der Waals surface area (Å²) in [7, 11) is 3.62. The lowest BCUT2D eigenvalue weighted by Gasteiger charge is -2.22. The van der Waals surface area contributed by atoms with Crippen molar-refractivity contribution in [2.75, 3.05) is 19.5 Å². The lowest BCUT2D eigenvalue weighted by atomic mass is 10.1. The first-order chi connectivity index (χ1) is 11.9. The van der Waals surface area contributed by atoms with Crippen LogP contribution in [0.15, 0.2) is 46.9 Å². The molecule has 0 aliphatic carbocycles. The Bertz CT molecular complexity index is 784. The molecular weight excluding hydrogens is 382 g/mol. The normalized spacial score (nSPS) is 12.8. The van der Waals surface area contributed by atoms with Crippen LogP contribution in [0.25, 0.3) is 0 Å². The molecule has 1 amide bonds. The zero-order chi connectivity index (χ0) is 18.4. The number of hydrogen-bond donors (Lipinski definition) is 2. The lowest BCUT2D eigenvalue weighted by Crippen LogP contribution is -3.12. The third kappa shape index (κ3) is 5.05. The van der Waals surface area contributed by atoms with Crippen LogP contribution in [0.3, 0.4) is 0 Å². The summed E-state index contributed by atoms with van der Waals surface area (Å²) in [4.78, 5) is 13.5. The highest BCUT2D eigenvalue weighted by atomic mass is 79.9. The quantitative estimate of drug-likeness (QED) is 0.779. The number of methoxy groups -OCH3 is 1. The first kappa shape index (κ1) is 19.0. The van der Waals surface area contributed by atoms with Crippen molar-refractivity contribution in [3.63, 3.8) is 0 Å². The van der Waals surface area contributed by atoms with E-state index in [0.717, 1.165) is 20.7 Å². The maximum absolute atomic E-state index is 12.5. The number of nitrogens with zero attached hydrogens (tertiary/aromatic N) is 1. The van der Waals surface area contributed by atoms with Gasteiger partial charge in [0, 0.05) is 15.7 Å².